The molecule has 0 spiro atoms. The van der Waals surface area contributed by atoms with E-state index in [1.54, 1.807) is 12.1 Å². The van der Waals surface area contributed by atoms with Gasteiger partial charge in [0, 0.05) is 5.56 Å². The number of hydrogen-bond acceptors (Lipinski definition) is 4. The van der Waals surface area contributed by atoms with E-state index >= 15 is 0 Å². The van der Waals surface area contributed by atoms with E-state index in [4.69, 9.17) is 4.84 Å². The van der Waals surface area contributed by atoms with Crippen molar-refractivity contribution in [3.63, 3.8) is 0 Å². The zero-order valence-electron chi connectivity index (χ0n) is 12.3. The van der Waals surface area contributed by atoms with Gasteiger partial charge in [-0.3, -0.25) is 4.79 Å². The first-order valence-corrected chi connectivity index (χ1v) is 7.94. The molecule has 0 unspecified atom stereocenters. The normalized spacial score (nSPS) is 17.3. The number of halogens is 3. The Balaban J connectivity index is 1.62. The van der Waals surface area contributed by atoms with Crippen molar-refractivity contribution in [1.82, 2.24) is 0 Å². The molecule has 0 N–H and O–H groups in total. The van der Waals surface area contributed by atoms with Crippen molar-refractivity contribution in [3.05, 3.63) is 70.8 Å². The van der Waals surface area contributed by atoms with E-state index < -0.39 is 11.7 Å². The highest BCUT2D eigenvalue weighted by molar-refractivity contribution is 8.15. The van der Waals surface area contributed by atoms with E-state index in [1.807, 2.05) is 12.1 Å². The van der Waals surface area contributed by atoms with Crippen LogP contribution in [0.2, 0.25) is 0 Å². The zero-order chi connectivity index (χ0) is 17.2. The molecule has 0 saturated heterocycles. The van der Waals surface area contributed by atoms with Gasteiger partial charge in [0.25, 0.3) is 0 Å². The van der Waals surface area contributed by atoms with Crippen LogP contribution in [0.3, 0.4) is 0 Å². The van der Waals surface area contributed by atoms with Crippen molar-refractivity contribution >= 4 is 23.1 Å². The van der Waals surface area contributed by atoms with Gasteiger partial charge < -0.3 is 4.84 Å². The number of fused-ring (bicyclic) bond motifs is 1. The van der Waals surface area contributed by atoms with Crippen molar-refractivity contribution in [2.45, 2.75) is 18.0 Å². The molecule has 3 rings (SSSR count). The van der Waals surface area contributed by atoms with Gasteiger partial charge in [-0.25, -0.2) is 0 Å². The largest absolute Gasteiger partial charge is 0.416 e. The predicted molar refractivity (Wildman–Crippen MR) is 85.8 cm³/mol. The number of carbonyl (C=O) groups is 1. The summed E-state index contributed by atoms with van der Waals surface area (Å²) in [5.41, 5.74) is 1.16. The summed E-state index contributed by atoms with van der Waals surface area (Å²) < 4.78 is 37.9. The molecule has 1 atom stereocenters. The van der Waals surface area contributed by atoms with Gasteiger partial charge in [0.05, 0.1) is 17.0 Å². The second-order valence-electron chi connectivity index (χ2n) is 5.14. The lowest BCUT2D eigenvalue weighted by atomic mass is 10.1. The number of thioether (sulfide) groups is 1. The summed E-state index contributed by atoms with van der Waals surface area (Å²) in [6.07, 6.45) is -2.90. The molecule has 0 fully saturated rings. The van der Waals surface area contributed by atoms with Crippen molar-refractivity contribution < 1.29 is 22.8 Å². The molecular weight excluding hydrogens is 339 g/mol. The van der Waals surface area contributed by atoms with Crippen LogP contribution >= 0.6 is 11.8 Å². The van der Waals surface area contributed by atoms with Crippen molar-refractivity contribution in [3.8, 4) is 0 Å². The molecule has 24 heavy (non-hydrogen) atoms. The van der Waals surface area contributed by atoms with Gasteiger partial charge in [-0.2, -0.15) is 13.2 Å². The van der Waals surface area contributed by atoms with Crippen molar-refractivity contribution in [1.29, 1.82) is 0 Å². The quantitative estimate of drug-likeness (QED) is 0.585. The zero-order valence-corrected chi connectivity index (χ0v) is 13.1. The van der Waals surface area contributed by atoms with Crippen LogP contribution in [0.25, 0.3) is 0 Å². The van der Waals surface area contributed by atoms with Crippen LogP contribution in [-0.2, 0) is 17.6 Å². The Hall–Kier alpha value is -2.28. The summed E-state index contributed by atoms with van der Waals surface area (Å²) >= 11 is 1.13. The van der Waals surface area contributed by atoms with Crippen LogP contribution in [0, 0.1) is 0 Å². The molecule has 1 heterocycles. The van der Waals surface area contributed by atoms with Gasteiger partial charge >= 0.3 is 6.18 Å². The van der Waals surface area contributed by atoms with Gasteiger partial charge in [0.2, 0.25) is 5.12 Å². The van der Waals surface area contributed by atoms with E-state index in [0.717, 1.165) is 29.5 Å². The summed E-state index contributed by atoms with van der Waals surface area (Å²) in [6, 6.07) is 12.1. The molecule has 2 aromatic rings. The Labute approximate surface area is 140 Å². The topological polar surface area (TPSA) is 38.7 Å². The highest BCUT2D eigenvalue weighted by Crippen LogP contribution is 2.40. The molecule has 0 radical (unpaired) electrons. The van der Waals surface area contributed by atoms with E-state index in [0.29, 0.717) is 11.1 Å². The lowest BCUT2D eigenvalue weighted by Crippen LogP contribution is -2.05. The molecular formula is C17H12F3NO2S. The fourth-order valence-corrected chi connectivity index (χ4v) is 3.32. The fraction of sp³-hybridized carbons (Fsp3) is 0.176. The first kappa shape index (κ1) is 16.6. The molecule has 0 aliphatic carbocycles. The summed E-state index contributed by atoms with van der Waals surface area (Å²) in [5, 5.41) is 3.53. The smallest absolute Gasteiger partial charge is 0.391 e. The van der Waals surface area contributed by atoms with Gasteiger partial charge in [-0.15, -0.1) is 0 Å². The van der Waals surface area contributed by atoms with E-state index in [1.165, 1.54) is 18.3 Å². The van der Waals surface area contributed by atoms with E-state index in [2.05, 4.69) is 5.16 Å². The standard InChI is InChI=1S/C17H12F3NO2S/c18-17(19,20)12-5-3-4-11(8-12)10-23-21-9-15-13-6-1-2-7-14(13)16(22)24-15/h1-9,15H,10H2/b21-9-/t15-/m0/s1. The highest BCUT2D eigenvalue weighted by Gasteiger charge is 2.30. The molecule has 1 aliphatic heterocycles. The number of carbonyl (C=O) groups excluding carboxylic acids is 1. The highest BCUT2D eigenvalue weighted by atomic mass is 32.2. The molecule has 3 nitrogen and oxygen atoms in total. The Bertz CT molecular complexity index is 789. The molecule has 0 saturated carbocycles. The van der Waals surface area contributed by atoms with Gasteiger partial charge in [0.15, 0.2) is 0 Å². The Morgan fingerprint density at radius 1 is 1.17 bits per heavy atom. The number of nitrogens with zero attached hydrogens (tertiary/aromatic N) is 1. The minimum Gasteiger partial charge on any atom is -0.391 e. The number of rotatable bonds is 4. The Kier molecular flexibility index (Phi) is 4.62. The molecule has 0 bridgehead atoms. The van der Waals surface area contributed by atoms with Crippen LogP contribution in [0.5, 0.6) is 0 Å². The SMILES string of the molecule is O=C1S[C@@H](/C=N\OCc2cccc(C(F)(F)F)c2)c2ccccc21. The lowest BCUT2D eigenvalue weighted by molar-refractivity contribution is -0.137. The third kappa shape index (κ3) is 3.62. The van der Waals surface area contributed by atoms with Crippen LogP contribution in [0.15, 0.2) is 53.7 Å². The van der Waals surface area contributed by atoms with Crippen molar-refractivity contribution in [2.24, 2.45) is 5.16 Å². The number of alkyl halides is 3. The summed E-state index contributed by atoms with van der Waals surface area (Å²) in [5.74, 6) is 0. The summed E-state index contributed by atoms with van der Waals surface area (Å²) in [6.45, 7) is -0.0760. The Morgan fingerprint density at radius 3 is 2.75 bits per heavy atom. The maximum atomic E-state index is 12.6. The first-order chi connectivity index (χ1) is 11.4. The van der Waals surface area contributed by atoms with E-state index in [-0.39, 0.29) is 17.0 Å². The monoisotopic (exact) mass is 351 g/mol. The molecule has 2 aromatic carbocycles. The molecule has 124 valence electrons. The third-order valence-corrected chi connectivity index (χ3v) is 4.54. The third-order valence-electron chi connectivity index (χ3n) is 3.48. The lowest BCUT2D eigenvalue weighted by Gasteiger charge is -2.08. The predicted octanol–water partition coefficient (Wildman–Crippen LogP) is 4.84. The minimum absolute atomic E-state index is 0.0278. The summed E-state index contributed by atoms with van der Waals surface area (Å²) in [7, 11) is 0. The average Bonchev–Trinajstić information content (AvgIpc) is 2.88. The summed E-state index contributed by atoms with van der Waals surface area (Å²) in [4.78, 5) is 16.9. The van der Waals surface area contributed by atoms with Gasteiger partial charge in [0.1, 0.15) is 6.61 Å². The number of oxime groups is 1. The Morgan fingerprint density at radius 2 is 1.96 bits per heavy atom. The maximum Gasteiger partial charge on any atom is 0.416 e. The van der Waals surface area contributed by atoms with Crippen LogP contribution in [0.1, 0.15) is 32.3 Å². The number of hydrogen-bond donors (Lipinski definition) is 0. The van der Waals surface area contributed by atoms with Crippen LogP contribution in [-0.4, -0.2) is 11.3 Å². The molecule has 1 aliphatic rings. The first-order valence-electron chi connectivity index (χ1n) is 7.06. The fourth-order valence-electron chi connectivity index (χ4n) is 2.33. The number of benzene rings is 2. The van der Waals surface area contributed by atoms with Crippen LogP contribution < -0.4 is 0 Å². The molecule has 7 heteroatoms. The van der Waals surface area contributed by atoms with E-state index in [9.17, 15) is 18.0 Å². The van der Waals surface area contributed by atoms with Crippen LogP contribution in [0.4, 0.5) is 13.2 Å². The van der Waals surface area contributed by atoms with Crippen molar-refractivity contribution in [2.75, 3.05) is 0 Å². The molecule has 0 aromatic heterocycles. The minimum atomic E-state index is -4.39. The molecule has 0 amide bonds. The van der Waals surface area contributed by atoms with Gasteiger partial charge in [-0.05, 0) is 23.3 Å². The average molecular weight is 351 g/mol. The second kappa shape index (κ2) is 6.68. The maximum absolute atomic E-state index is 12.6. The van der Waals surface area contributed by atoms with Gasteiger partial charge in [-0.1, -0.05) is 53.3 Å². The second-order valence-corrected chi connectivity index (χ2v) is 6.25.